The van der Waals surface area contributed by atoms with Gasteiger partial charge >= 0.3 is 0 Å². The summed E-state index contributed by atoms with van der Waals surface area (Å²) in [6.45, 7) is 2.18. The van der Waals surface area contributed by atoms with Crippen molar-refractivity contribution < 1.29 is 9.59 Å². The molecule has 19 heavy (non-hydrogen) atoms. The molecule has 2 saturated heterocycles. The molecule has 1 N–H and O–H groups in total. The first-order chi connectivity index (χ1) is 9.10. The lowest BCUT2D eigenvalue weighted by Gasteiger charge is -2.38. The zero-order valence-electron chi connectivity index (χ0n) is 10.4. The molecule has 1 spiro atoms. The summed E-state index contributed by atoms with van der Waals surface area (Å²) >= 11 is 7.39. The number of thiophene rings is 1. The Balaban J connectivity index is 1.66. The number of piperidine rings is 1. The molecular formula is C13H15ClN2O2S. The van der Waals surface area contributed by atoms with Crippen LogP contribution < -0.4 is 5.32 Å². The van der Waals surface area contributed by atoms with Gasteiger partial charge in [0.25, 0.3) is 5.91 Å². The Morgan fingerprint density at radius 1 is 1.42 bits per heavy atom. The Morgan fingerprint density at radius 2 is 2.16 bits per heavy atom. The third-order valence-corrected chi connectivity index (χ3v) is 5.45. The SMILES string of the molecule is O=C1CC2(CCN(C(=O)c3sccc3Cl)CC2)CN1. The number of hydrogen-bond donors (Lipinski definition) is 1. The summed E-state index contributed by atoms with van der Waals surface area (Å²) in [4.78, 5) is 26.2. The minimum atomic E-state index is 0.0205. The molecule has 0 atom stereocenters. The molecule has 1 aromatic rings. The Kier molecular flexibility index (Phi) is 3.27. The van der Waals surface area contributed by atoms with Crippen LogP contribution in [-0.4, -0.2) is 36.3 Å². The maximum Gasteiger partial charge on any atom is 0.265 e. The summed E-state index contributed by atoms with van der Waals surface area (Å²) in [5.41, 5.74) is 0.0765. The van der Waals surface area contributed by atoms with Gasteiger partial charge in [0.05, 0.1) is 5.02 Å². The Bertz CT molecular complexity index is 520. The maximum absolute atomic E-state index is 12.3. The van der Waals surface area contributed by atoms with E-state index < -0.39 is 0 Å². The molecular weight excluding hydrogens is 284 g/mol. The number of rotatable bonds is 1. The first kappa shape index (κ1) is 12.9. The second kappa shape index (κ2) is 4.80. The third kappa shape index (κ3) is 2.37. The number of carbonyl (C=O) groups is 2. The number of halogens is 1. The van der Waals surface area contributed by atoms with E-state index in [4.69, 9.17) is 11.6 Å². The summed E-state index contributed by atoms with van der Waals surface area (Å²) in [5.74, 6) is 0.160. The van der Waals surface area contributed by atoms with Crippen LogP contribution in [0.15, 0.2) is 11.4 Å². The van der Waals surface area contributed by atoms with E-state index in [-0.39, 0.29) is 17.2 Å². The van der Waals surface area contributed by atoms with Crippen LogP contribution in [-0.2, 0) is 4.79 Å². The van der Waals surface area contributed by atoms with Crippen molar-refractivity contribution >= 4 is 34.8 Å². The van der Waals surface area contributed by atoms with Gasteiger partial charge in [0, 0.05) is 26.1 Å². The van der Waals surface area contributed by atoms with Gasteiger partial charge in [-0.3, -0.25) is 9.59 Å². The van der Waals surface area contributed by atoms with Crippen molar-refractivity contribution in [1.82, 2.24) is 10.2 Å². The summed E-state index contributed by atoms with van der Waals surface area (Å²) < 4.78 is 0. The molecule has 0 radical (unpaired) electrons. The second-order valence-corrected chi connectivity index (χ2v) is 6.67. The van der Waals surface area contributed by atoms with Crippen LogP contribution in [0.2, 0.25) is 5.02 Å². The van der Waals surface area contributed by atoms with Crippen LogP contribution in [0.3, 0.4) is 0 Å². The van der Waals surface area contributed by atoms with Crippen LogP contribution in [0.1, 0.15) is 28.9 Å². The van der Waals surface area contributed by atoms with Crippen LogP contribution in [0.5, 0.6) is 0 Å². The number of nitrogens with zero attached hydrogens (tertiary/aromatic N) is 1. The van der Waals surface area contributed by atoms with E-state index in [1.54, 1.807) is 6.07 Å². The van der Waals surface area contributed by atoms with E-state index in [2.05, 4.69) is 5.32 Å². The van der Waals surface area contributed by atoms with E-state index in [1.807, 2.05) is 10.3 Å². The Morgan fingerprint density at radius 3 is 2.68 bits per heavy atom. The largest absolute Gasteiger partial charge is 0.356 e. The fourth-order valence-electron chi connectivity index (χ4n) is 2.88. The topological polar surface area (TPSA) is 49.4 Å². The van der Waals surface area contributed by atoms with Gasteiger partial charge in [-0.2, -0.15) is 0 Å². The van der Waals surface area contributed by atoms with Crippen LogP contribution in [0, 0.1) is 5.41 Å². The number of hydrogen-bond acceptors (Lipinski definition) is 3. The lowest BCUT2D eigenvalue weighted by atomic mass is 9.77. The molecule has 2 aliphatic heterocycles. The van der Waals surface area contributed by atoms with Crippen molar-refractivity contribution in [3.8, 4) is 0 Å². The molecule has 0 saturated carbocycles. The lowest BCUT2D eigenvalue weighted by Crippen LogP contribution is -2.43. The highest BCUT2D eigenvalue weighted by Gasteiger charge is 2.41. The molecule has 4 nitrogen and oxygen atoms in total. The Labute approximate surface area is 120 Å². The van der Waals surface area contributed by atoms with Crippen molar-refractivity contribution in [2.75, 3.05) is 19.6 Å². The zero-order chi connectivity index (χ0) is 13.5. The number of carbonyl (C=O) groups excluding carboxylic acids is 2. The van der Waals surface area contributed by atoms with Crippen LogP contribution in [0.25, 0.3) is 0 Å². The van der Waals surface area contributed by atoms with Gasteiger partial charge in [0.15, 0.2) is 0 Å². The summed E-state index contributed by atoms with van der Waals surface area (Å²) in [7, 11) is 0. The molecule has 3 rings (SSSR count). The Hall–Kier alpha value is -1.07. The third-order valence-electron chi connectivity index (χ3n) is 4.12. The van der Waals surface area contributed by atoms with Gasteiger partial charge < -0.3 is 10.2 Å². The number of amides is 2. The minimum absolute atomic E-state index is 0.0205. The lowest BCUT2D eigenvalue weighted by molar-refractivity contribution is -0.119. The van der Waals surface area contributed by atoms with Gasteiger partial charge in [0.2, 0.25) is 5.91 Å². The molecule has 3 heterocycles. The van der Waals surface area contributed by atoms with Gasteiger partial charge in [0.1, 0.15) is 4.88 Å². The van der Waals surface area contributed by atoms with Gasteiger partial charge in [-0.25, -0.2) is 0 Å². The number of likely N-dealkylation sites (tertiary alicyclic amines) is 1. The highest BCUT2D eigenvalue weighted by atomic mass is 35.5. The molecule has 2 amide bonds. The average Bonchev–Trinajstić information content (AvgIpc) is 2.97. The molecule has 1 aromatic heterocycles. The molecule has 0 bridgehead atoms. The fraction of sp³-hybridized carbons (Fsp3) is 0.538. The monoisotopic (exact) mass is 298 g/mol. The molecule has 0 aromatic carbocycles. The summed E-state index contributed by atoms with van der Waals surface area (Å²) in [5, 5.41) is 5.27. The van der Waals surface area contributed by atoms with Gasteiger partial charge in [-0.15, -0.1) is 11.3 Å². The smallest absolute Gasteiger partial charge is 0.265 e. The van der Waals surface area contributed by atoms with E-state index in [9.17, 15) is 9.59 Å². The van der Waals surface area contributed by atoms with Crippen molar-refractivity contribution in [1.29, 1.82) is 0 Å². The molecule has 2 aliphatic rings. The van der Waals surface area contributed by atoms with Gasteiger partial charge in [-0.1, -0.05) is 11.6 Å². The normalized spacial score (nSPS) is 21.7. The van der Waals surface area contributed by atoms with E-state index in [0.717, 1.165) is 19.4 Å². The first-order valence-electron chi connectivity index (χ1n) is 6.39. The highest BCUT2D eigenvalue weighted by molar-refractivity contribution is 7.12. The summed E-state index contributed by atoms with van der Waals surface area (Å²) in [6, 6.07) is 1.75. The highest BCUT2D eigenvalue weighted by Crippen LogP contribution is 2.38. The minimum Gasteiger partial charge on any atom is -0.356 e. The molecule has 0 unspecified atom stereocenters. The van der Waals surface area contributed by atoms with E-state index >= 15 is 0 Å². The second-order valence-electron chi connectivity index (χ2n) is 5.34. The predicted molar refractivity (Wildman–Crippen MR) is 74.5 cm³/mol. The molecule has 102 valence electrons. The van der Waals surface area contributed by atoms with E-state index in [1.165, 1.54) is 11.3 Å². The standard InChI is InChI=1S/C13H15ClN2O2S/c14-9-1-6-19-11(9)12(18)16-4-2-13(3-5-16)7-10(17)15-8-13/h1,6H,2-5,7-8H2,(H,15,17). The van der Waals surface area contributed by atoms with Crippen molar-refractivity contribution in [2.45, 2.75) is 19.3 Å². The van der Waals surface area contributed by atoms with Crippen molar-refractivity contribution in [3.05, 3.63) is 21.3 Å². The van der Waals surface area contributed by atoms with Crippen LogP contribution in [0.4, 0.5) is 0 Å². The van der Waals surface area contributed by atoms with Crippen molar-refractivity contribution in [3.63, 3.8) is 0 Å². The molecule has 2 fully saturated rings. The molecule has 0 aliphatic carbocycles. The maximum atomic E-state index is 12.3. The van der Waals surface area contributed by atoms with Crippen LogP contribution >= 0.6 is 22.9 Å². The van der Waals surface area contributed by atoms with Gasteiger partial charge in [-0.05, 0) is 29.7 Å². The predicted octanol–water partition coefficient (Wildman–Crippen LogP) is 2.14. The van der Waals surface area contributed by atoms with Crippen molar-refractivity contribution in [2.24, 2.45) is 5.41 Å². The zero-order valence-corrected chi connectivity index (χ0v) is 12.0. The molecule has 6 heteroatoms. The average molecular weight is 299 g/mol. The quantitative estimate of drug-likeness (QED) is 0.863. The number of nitrogens with one attached hydrogen (secondary N) is 1. The van der Waals surface area contributed by atoms with E-state index in [0.29, 0.717) is 29.4 Å². The summed E-state index contributed by atoms with van der Waals surface area (Å²) in [6.07, 6.45) is 2.38. The fourth-order valence-corrected chi connectivity index (χ4v) is 3.98. The first-order valence-corrected chi connectivity index (χ1v) is 7.64.